The summed E-state index contributed by atoms with van der Waals surface area (Å²) in [6, 6.07) is 0. The van der Waals surface area contributed by atoms with Gasteiger partial charge >= 0.3 is 5.97 Å². The second-order valence-electron chi connectivity index (χ2n) is 3.51. The van der Waals surface area contributed by atoms with Gasteiger partial charge in [-0.3, -0.25) is 4.79 Å². The van der Waals surface area contributed by atoms with Gasteiger partial charge in [0.05, 0.1) is 12.7 Å². The summed E-state index contributed by atoms with van der Waals surface area (Å²) in [6.07, 6.45) is 4.73. The first kappa shape index (κ1) is 13.4. The van der Waals surface area contributed by atoms with Crippen molar-refractivity contribution in [3.05, 3.63) is 0 Å². The molecule has 3 nitrogen and oxygen atoms in total. The number of aliphatic hydroxyl groups is 1. The Labute approximate surface area is 86.5 Å². The van der Waals surface area contributed by atoms with Crippen LogP contribution in [0.2, 0.25) is 0 Å². The van der Waals surface area contributed by atoms with Gasteiger partial charge in [0.1, 0.15) is 0 Å². The second kappa shape index (κ2) is 9.00. The first-order valence-corrected chi connectivity index (χ1v) is 5.54. The third-order valence-corrected chi connectivity index (χ3v) is 2.12. The van der Waals surface area contributed by atoms with E-state index in [1.807, 2.05) is 0 Å². The Morgan fingerprint density at radius 1 is 1.29 bits per heavy atom. The minimum Gasteiger partial charge on any atom is -0.466 e. The van der Waals surface area contributed by atoms with Crippen molar-refractivity contribution in [2.45, 2.75) is 58.5 Å². The van der Waals surface area contributed by atoms with E-state index < -0.39 is 0 Å². The fraction of sp³-hybridized carbons (Fsp3) is 0.909. The summed E-state index contributed by atoms with van der Waals surface area (Å²) in [4.78, 5) is 10.7. The zero-order valence-corrected chi connectivity index (χ0v) is 9.29. The lowest BCUT2D eigenvalue weighted by Gasteiger charge is -2.09. The Morgan fingerprint density at radius 2 is 1.93 bits per heavy atom. The van der Waals surface area contributed by atoms with E-state index >= 15 is 0 Å². The van der Waals surface area contributed by atoms with Crippen molar-refractivity contribution in [3.8, 4) is 0 Å². The van der Waals surface area contributed by atoms with E-state index in [0.717, 1.165) is 32.1 Å². The number of rotatable bonds is 8. The highest BCUT2D eigenvalue weighted by Crippen LogP contribution is 2.06. The monoisotopic (exact) mass is 202 g/mol. The molecule has 1 unspecified atom stereocenters. The maximum absolute atomic E-state index is 10.7. The molecule has 0 saturated carbocycles. The summed E-state index contributed by atoms with van der Waals surface area (Å²) in [5.41, 5.74) is 0. The van der Waals surface area contributed by atoms with E-state index in [-0.39, 0.29) is 12.1 Å². The maximum atomic E-state index is 10.7. The summed E-state index contributed by atoms with van der Waals surface area (Å²) < 4.78 is 4.90. The van der Waals surface area contributed by atoms with Crippen LogP contribution >= 0.6 is 0 Å². The van der Waals surface area contributed by atoms with Crippen LogP contribution in [-0.2, 0) is 9.53 Å². The summed E-state index contributed by atoms with van der Waals surface area (Å²) in [6.45, 7) is 4.32. The number of aliphatic hydroxyl groups excluding tert-OH is 1. The van der Waals surface area contributed by atoms with Gasteiger partial charge in [0.2, 0.25) is 0 Å². The summed E-state index contributed by atoms with van der Waals surface area (Å²) in [7, 11) is 0. The average molecular weight is 202 g/mol. The van der Waals surface area contributed by atoms with Gasteiger partial charge < -0.3 is 9.84 Å². The Morgan fingerprint density at radius 3 is 2.50 bits per heavy atom. The van der Waals surface area contributed by atoms with Crippen LogP contribution in [-0.4, -0.2) is 23.8 Å². The molecule has 0 aromatic rings. The average Bonchev–Trinajstić information content (AvgIpc) is 2.21. The first-order valence-electron chi connectivity index (χ1n) is 5.54. The molecule has 0 fully saturated rings. The number of carbonyl (C=O) groups is 1. The van der Waals surface area contributed by atoms with Crippen molar-refractivity contribution in [3.63, 3.8) is 0 Å². The minimum atomic E-state index is -0.227. The smallest absolute Gasteiger partial charge is 0.305 e. The van der Waals surface area contributed by atoms with E-state index in [1.54, 1.807) is 6.92 Å². The van der Waals surface area contributed by atoms with Crippen LogP contribution in [0.5, 0.6) is 0 Å². The van der Waals surface area contributed by atoms with Gasteiger partial charge in [0.15, 0.2) is 0 Å². The number of hydrogen-bond acceptors (Lipinski definition) is 3. The predicted molar refractivity (Wildman–Crippen MR) is 56.0 cm³/mol. The molecule has 0 aromatic heterocycles. The van der Waals surface area contributed by atoms with E-state index in [1.165, 1.54) is 0 Å². The summed E-state index contributed by atoms with van der Waals surface area (Å²) in [5.74, 6) is -0.159. The molecule has 14 heavy (non-hydrogen) atoms. The van der Waals surface area contributed by atoms with Crippen LogP contribution in [0.25, 0.3) is 0 Å². The number of ether oxygens (including phenoxy) is 1. The second-order valence-corrected chi connectivity index (χ2v) is 3.51. The Hall–Kier alpha value is -0.570. The molecule has 0 aliphatic heterocycles. The van der Waals surface area contributed by atoms with Crippen LogP contribution in [0, 0.1) is 0 Å². The van der Waals surface area contributed by atoms with E-state index in [9.17, 15) is 9.90 Å². The van der Waals surface area contributed by atoms with Gasteiger partial charge in [0.25, 0.3) is 0 Å². The summed E-state index contributed by atoms with van der Waals surface area (Å²) in [5, 5.41) is 9.46. The van der Waals surface area contributed by atoms with Crippen molar-refractivity contribution in [2.24, 2.45) is 0 Å². The van der Waals surface area contributed by atoms with Gasteiger partial charge in [-0.15, -0.1) is 0 Å². The number of hydrogen-bond donors (Lipinski definition) is 1. The van der Waals surface area contributed by atoms with Crippen molar-refractivity contribution >= 4 is 5.97 Å². The molecule has 0 aliphatic rings. The van der Waals surface area contributed by atoms with Crippen molar-refractivity contribution < 1.29 is 14.6 Å². The molecule has 1 N–H and O–H groups in total. The topological polar surface area (TPSA) is 46.5 Å². The van der Waals surface area contributed by atoms with Crippen molar-refractivity contribution in [1.82, 2.24) is 0 Å². The summed E-state index contributed by atoms with van der Waals surface area (Å²) >= 11 is 0. The molecule has 0 heterocycles. The zero-order valence-electron chi connectivity index (χ0n) is 9.29. The van der Waals surface area contributed by atoms with Crippen molar-refractivity contribution in [1.29, 1.82) is 0 Å². The minimum absolute atomic E-state index is 0.159. The number of unbranched alkanes of at least 4 members (excludes halogenated alkanes) is 1. The highest BCUT2D eigenvalue weighted by molar-refractivity contribution is 5.68. The molecule has 1 atom stereocenters. The zero-order chi connectivity index (χ0) is 10.8. The third-order valence-electron chi connectivity index (χ3n) is 2.12. The van der Waals surface area contributed by atoms with E-state index in [0.29, 0.717) is 13.0 Å². The lowest BCUT2D eigenvalue weighted by Crippen LogP contribution is -2.09. The highest BCUT2D eigenvalue weighted by Gasteiger charge is 2.04. The highest BCUT2D eigenvalue weighted by atomic mass is 16.5. The molecule has 0 amide bonds. The molecule has 3 heteroatoms. The van der Waals surface area contributed by atoms with Gasteiger partial charge in [-0.05, 0) is 19.3 Å². The standard InChI is InChI=1S/C11H22O3/c1-3-5-7-10(12)8-6-9-14-11(13)4-2/h10,12H,3-9H2,1-2H3. The Kier molecular flexibility index (Phi) is 8.64. The Bertz CT molecular complexity index is 145. The van der Waals surface area contributed by atoms with Gasteiger partial charge in [0, 0.05) is 6.42 Å². The van der Waals surface area contributed by atoms with Gasteiger partial charge in [-0.25, -0.2) is 0 Å². The molecule has 0 aromatic carbocycles. The molecule has 0 spiro atoms. The van der Waals surface area contributed by atoms with Crippen LogP contribution in [0.4, 0.5) is 0 Å². The van der Waals surface area contributed by atoms with E-state index in [2.05, 4.69) is 6.92 Å². The quantitative estimate of drug-likeness (QED) is 0.485. The SMILES string of the molecule is CCCCC(O)CCCOC(=O)CC. The van der Waals surface area contributed by atoms with Gasteiger partial charge in [-0.2, -0.15) is 0 Å². The third kappa shape index (κ3) is 8.05. The molecule has 0 saturated heterocycles. The number of carbonyl (C=O) groups excluding carboxylic acids is 1. The lowest BCUT2D eigenvalue weighted by atomic mass is 10.1. The molecular weight excluding hydrogens is 180 g/mol. The number of esters is 1. The molecule has 0 rings (SSSR count). The van der Waals surface area contributed by atoms with Crippen LogP contribution in [0.1, 0.15) is 52.4 Å². The maximum Gasteiger partial charge on any atom is 0.305 e. The first-order chi connectivity index (χ1) is 6.70. The molecule has 0 radical (unpaired) electrons. The largest absolute Gasteiger partial charge is 0.466 e. The normalized spacial score (nSPS) is 12.5. The van der Waals surface area contributed by atoms with Crippen LogP contribution < -0.4 is 0 Å². The lowest BCUT2D eigenvalue weighted by molar-refractivity contribution is -0.143. The Balaban J connectivity index is 3.22. The fourth-order valence-corrected chi connectivity index (χ4v) is 1.19. The molecule has 0 bridgehead atoms. The fourth-order valence-electron chi connectivity index (χ4n) is 1.19. The van der Waals surface area contributed by atoms with Crippen LogP contribution in [0.15, 0.2) is 0 Å². The predicted octanol–water partition coefficient (Wildman–Crippen LogP) is 2.27. The van der Waals surface area contributed by atoms with Crippen molar-refractivity contribution in [2.75, 3.05) is 6.61 Å². The van der Waals surface area contributed by atoms with E-state index in [4.69, 9.17) is 4.74 Å². The molecule has 84 valence electrons. The molecular formula is C11H22O3. The van der Waals surface area contributed by atoms with Gasteiger partial charge in [-0.1, -0.05) is 26.7 Å². The van der Waals surface area contributed by atoms with Crippen LogP contribution in [0.3, 0.4) is 0 Å². The molecule has 0 aliphatic carbocycles.